The molecule has 0 spiro atoms. The van der Waals surface area contributed by atoms with E-state index in [2.05, 4.69) is 5.10 Å². The molecule has 2 heterocycles. The molecule has 0 radical (unpaired) electrons. The third-order valence-corrected chi connectivity index (χ3v) is 1.97. The summed E-state index contributed by atoms with van der Waals surface area (Å²) in [7, 11) is 0. The van der Waals surface area contributed by atoms with Crippen molar-refractivity contribution in [1.29, 1.82) is 0 Å². The van der Waals surface area contributed by atoms with Gasteiger partial charge in [-0.1, -0.05) is 0 Å². The molecule has 2 rings (SSSR count). The molecule has 0 fully saturated rings. The number of aromatic nitrogens is 2. The molecule has 2 aromatic rings. The molecule has 0 aliphatic rings. The van der Waals surface area contributed by atoms with E-state index >= 15 is 0 Å². The van der Waals surface area contributed by atoms with Gasteiger partial charge in [0.1, 0.15) is 5.52 Å². The van der Waals surface area contributed by atoms with Crippen LogP contribution in [0.3, 0.4) is 0 Å². The van der Waals surface area contributed by atoms with Crippen molar-refractivity contribution in [2.75, 3.05) is 0 Å². The molecule has 0 amide bonds. The highest BCUT2D eigenvalue weighted by Gasteiger charge is 2.06. The Hall–Kier alpha value is -1.38. The van der Waals surface area contributed by atoms with E-state index in [4.69, 9.17) is 0 Å². The Morgan fingerprint density at radius 1 is 1.42 bits per heavy atom. The number of nitrogens with zero attached hydrogens (tertiary/aromatic N) is 2. The third kappa shape index (κ3) is 0.826. The van der Waals surface area contributed by atoms with Crippen LogP contribution in [0.5, 0.6) is 0 Å². The first-order valence-electron chi connectivity index (χ1n) is 3.79. The summed E-state index contributed by atoms with van der Waals surface area (Å²) < 4.78 is 15.0. The van der Waals surface area contributed by atoms with Crippen LogP contribution in [-0.4, -0.2) is 9.61 Å². The fourth-order valence-electron chi connectivity index (χ4n) is 1.39. The number of fused-ring (bicyclic) bond motifs is 1. The van der Waals surface area contributed by atoms with Crippen molar-refractivity contribution >= 4 is 5.52 Å². The fraction of sp³-hybridized carbons (Fsp3) is 0.222. The largest absolute Gasteiger partial charge is 0.235 e. The van der Waals surface area contributed by atoms with Crippen molar-refractivity contribution in [2.45, 2.75) is 13.8 Å². The summed E-state index contributed by atoms with van der Waals surface area (Å²) >= 11 is 0. The molecular weight excluding hydrogens is 155 g/mol. The topological polar surface area (TPSA) is 17.3 Å². The Kier molecular flexibility index (Phi) is 1.40. The third-order valence-electron chi connectivity index (χ3n) is 1.97. The number of hydrogen-bond donors (Lipinski definition) is 0. The maximum absolute atomic E-state index is 13.4. The van der Waals surface area contributed by atoms with Crippen LogP contribution in [0, 0.1) is 19.7 Å². The van der Waals surface area contributed by atoms with Crippen molar-refractivity contribution in [2.24, 2.45) is 0 Å². The van der Waals surface area contributed by atoms with E-state index in [0.717, 1.165) is 5.69 Å². The summed E-state index contributed by atoms with van der Waals surface area (Å²) in [5.41, 5.74) is 2.17. The average molecular weight is 164 g/mol. The van der Waals surface area contributed by atoms with Gasteiger partial charge in [-0.15, -0.1) is 0 Å². The number of pyridine rings is 1. The van der Waals surface area contributed by atoms with Crippen molar-refractivity contribution in [3.05, 3.63) is 35.4 Å². The molecule has 0 aromatic carbocycles. The molecule has 0 aliphatic carbocycles. The van der Waals surface area contributed by atoms with Gasteiger partial charge in [0.25, 0.3) is 0 Å². The molecule has 0 saturated heterocycles. The molecule has 2 nitrogen and oxygen atoms in total. The van der Waals surface area contributed by atoms with Crippen molar-refractivity contribution in [3.63, 3.8) is 0 Å². The van der Waals surface area contributed by atoms with E-state index in [9.17, 15) is 4.39 Å². The Morgan fingerprint density at radius 3 is 2.92 bits per heavy atom. The van der Waals surface area contributed by atoms with Crippen molar-refractivity contribution < 1.29 is 4.39 Å². The predicted molar refractivity (Wildman–Crippen MR) is 44.6 cm³/mol. The van der Waals surface area contributed by atoms with Crippen LogP contribution in [0.4, 0.5) is 4.39 Å². The molecule has 0 unspecified atom stereocenters. The maximum Gasteiger partial charge on any atom is 0.151 e. The Labute approximate surface area is 69.6 Å². The molecule has 12 heavy (non-hydrogen) atoms. The zero-order valence-corrected chi connectivity index (χ0v) is 7.00. The van der Waals surface area contributed by atoms with Crippen LogP contribution >= 0.6 is 0 Å². The van der Waals surface area contributed by atoms with E-state index in [1.165, 1.54) is 0 Å². The summed E-state index contributed by atoms with van der Waals surface area (Å²) in [6.07, 6.45) is 1.60. The molecule has 0 saturated carbocycles. The summed E-state index contributed by atoms with van der Waals surface area (Å²) in [6, 6.07) is 3.46. The lowest BCUT2D eigenvalue weighted by molar-refractivity contribution is 0.619. The first-order valence-corrected chi connectivity index (χ1v) is 3.79. The Bertz CT molecular complexity index is 431. The molecule has 0 aliphatic heterocycles. The van der Waals surface area contributed by atoms with Crippen LogP contribution in [-0.2, 0) is 0 Å². The normalized spacial score (nSPS) is 10.9. The standard InChI is InChI=1S/C9H9FN2/c1-6-5-7(2)12-8(9(6)10)3-4-11-12/h3-5H,1-2H3. The minimum atomic E-state index is -0.182. The summed E-state index contributed by atoms with van der Waals surface area (Å²) in [5.74, 6) is -0.182. The van der Waals surface area contributed by atoms with Gasteiger partial charge < -0.3 is 0 Å². The highest BCUT2D eigenvalue weighted by molar-refractivity contribution is 5.50. The molecule has 3 heteroatoms. The van der Waals surface area contributed by atoms with E-state index in [1.54, 1.807) is 29.8 Å². The first-order chi connectivity index (χ1) is 5.70. The van der Waals surface area contributed by atoms with Crippen molar-refractivity contribution in [1.82, 2.24) is 9.61 Å². The fourth-order valence-corrected chi connectivity index (χ4v) is 1.39. The highest BCUT2D eigenvalue weighted by Crippen LogP contribution is 2.15. The van der Waals surface area contributed by atoms with E-state index < -0.39 is 0 Å². The summed E-state index contributed by atoms with van der Waals surface area (Å²) in [6.45, 7) is 3.67. The molecular formula is C9H9FN2. The Balaban J connectivity index is 2.97. The van der Waals surface area contributed by atoms with Crippen LogP contribution in [0.15, 0.2) is 18.3 Å². The lowest BCUT2D eigenvalue weighted by atomic mass is 10.2. The maximum atomic E-state index is 13.4. The quantitative estimate of drug-likeness (QED) is 0.582. The van der Waals surface area contributed by atoms with E-state index in [-0.39, 0.29) is 5.82 Å². The van der Waals surface area contributed by atoms with Gasteiger partial charge in [-0.3, -0.25) is 0 Å². The van der Waals surface area contributed by atoms with E-state index in [1.807, 2.05) is 6.92 Å². The van der Waals surface area contributed by atoms with Gasteiger partial charge in [0.05, 0.1) is 6.20 Å². The molecule has 0 N–H and O–H groups in total. The van der Waals surface area contributed by atoms with Crippen molar-refractivity contribution in [3.8, 4) is 0 Å². The summed E-state index contributed by atoms with van der Waals surface area (Å²) in [5, 5.41) is 4.00. The first kappa shape index (κ1) is 7.28. The van der Waals surface area contributed by atoms with Crippen LogP contribution in [0.25, 0.3) is 5.52 Å². The van der Waals surface area contributed by atoms with Crippen LogP contribution < -0.4 is 0 Å². The van der Waals surface area contributed by atoms with Gasteiger partial charge in [-0.25, -0.2) is 8.91 Å². The smallest absolute Gasteiger partial charge is 0.151 e. The minimum absolute atomic E-state index is 0.182. The van der Waals surface area contributed by atoms with Gasteiger partial charge in [0, 0.05) is 5.69 Å². The molecule has 0 atom stereocenters. The predicted octanol–water partition coefficient (Wildman–Crippen LogP) is 2.09. The van der Waals surface area contributed by atoms with Crippen LogP contribution in [0.1, 0.15) is 11.3 Å². The van der Waals surface area contributed by atoms with Gasteiger partial charge in [0.2, 0.25) is 0 Å². The second-order valence-corrected chi connectivity index (χ2v) is 2.91. The minimum Gasteiger partial charge on any atom is -0.235 e. The lowest BCUT2D eigenvalue weighted by Crippen LogP contribution is -1.97. The molecule has 0 bridgehead atoms. The van der Waals surface area contributed by atoms with Gasteiger partial charge in [-0.2, -0.15) is 5.10 Å². The monoisotopic (exact) mass is 164 g/mol. The summed E-state index contributed by atoms with van der Waals surface area (Å²) in [4.78, 5) is 0. The lowest BCUT2D eigenvalue weighted by Gasteiger charge is -2.02. The zero-order chi connectivity index (χ0) is 8.72. The number of rotatable bonds is 0. The zero-order valence-electron chi connectivity index (χ0n) is 7.00. The van der Waals surface area contributed by atoms with E-state index in [0.29, 0.717) is 11.1 Å². The molecule has 2 aromatic heterocycles. The number of aryl methyl sites for hydroxylation is 2. The average Bonchev–Trinajstić information content (AvgIpc) is 2.48. The number of hydrogen-bond acceptors (Lipinski definition) is 1. The van der Waals surface area contributed by atoms with Gasteiger partial charge >= 0.3 is 0 Å². The second kappa shape index (κ2) is 2.30. The van der Waals surface area contributed by atoms with Gasteiger partial charge in [-0.05, 0) is 31.5 Å². The van der Waals surface area contributed by atoms with Crippen LogP contribution in [0.2, 0.25) is 0 Å². The van der Waals surface area contributed by atoms with Gasteiger partial charge in [0.15, 0.2) is 5.82 Å². The highest BCUT2D eigenvalue weighted by atomic mass is 19.1. The number of halogens is 1. The Morgan fingerprint density at radius 2 is 2.17 bits per heavy atom. The SMILES string of the molecule is Cc1cc(C)n2nccc2c1F. The molecule has 62 valence electrons. The second-order valence-electron chi connectivity index (χ2n) is 2.91.